The highest BCUT2D eigenvalue weighted by Gasteiger charge is 2.41. The Morgan fingerprint density at radius 2 is 1.89 bits per heavy atom. The normalized spacial score (nSPS) is 15.6. The van der Waals surface area contributed by atoms with Crippen LogP contribution in [0.3, 0.4) is 0 Å². The van der Waals surface area contributed by atoms with Gasteiger partial charge in [-0.25, -0.2) is 4.57 Å². The predicted octanol–water partition coefficient (Wildman–Crippen LogP) is 1.70. The number of benzene rings is 1. The lowest BCUT2D eigenvalue weighted by Crippen LogP contribution is -2.37. The molecule has 184 valence electrons. The molecule has 35 heavy (non-hydrogen) atoms. The van der Waals surface area contributed by atoms with E-state index in [0.29, 0.717) is 41.5 Å². The van der Waals surface area contributed by atoms with Gasteiger partial charge in [-0.3, -0.25) is 14.6 Å². The third-order valence-electron chi connectivity index (χ3n) is 5.91. The van der Waals surface area contributed by atoms with Crippen LogP contribution in [0.1, 0.15) is 34.3 Å². The molecule has 0 aliphatic carbocycles. The maximum atomic E-state index is 13.4. The number of ether oxygens (including phenoxy) is 3. The van der Waals surface area contributed by atoms with Crippen LogP contribution in [0.4, 0.5) is 0 Å². The highest BCUT2D eigenvalue weighted by molar-refractivity contribution is 6.14. The Balaban J connectivity index is 1.77. The lowest BCUT2D eigenvalue weighted by Gasteiger charge is -2.28. The van der Waals surface area contributed by atoms with Gasteiger partial charge in [0.1, 0.15) is 18.2 Å². The Kier molecular flexibility index (Phi) is 6.81. The number of Topliss-reactive ketones (excluding diaryl/α,β-unsaturated/α-hetero) is 1. The first-order chi connectivity index (χ1) is 16.9. The van der Waals surface area contributed by atoms with Gasteiger partial charge in [0.25, 0.3) is 0 Å². The van der Waals surface area contributed by atoms with Crippen LogP contribution in [0.15, 0.2) is 58.7 Å². The number of hydrogen-bond acceptors (Lipinski definition) is 7. The van der Waals surface area contributed by atoms with Gasteiger partial charge in [0.05, 0.1) is 33.9 Å². The second kappa shape index (κ2) is 9.96. The van der Waals surface area contributed by atoms with E-state index in [4.69, 9.17) is 18.6 Å². The van der Waals surface area contributed by atoms with Gasteiger partial charge < -0.3 is 28.6 Å². The van der Waals surface area contributed by atoms with Crippen LogP contribution in [0.5, 0.6) is 17.2 Å². The molecule has 1 amide bonds. The number of ketones is 1. The Hall–Kier alpha value is -4.21. The number of aryl methyl sites for hydroxylation is 2. The molecule has 0 fully saturated rings. The summed E-state index contributed by atoms with van der Waals surface area (Å²) in [7, 11) is 4.42. The van der Waals surface area contributed by atoms with Crippen molar-refractivity contribution in [2.75, 3.05) is 27.9 Å². The molecule has 1 aromatic carbocycles. The van der Waals surface area contributed by atoms with Crippen molar-refractivity contribution < 1.29 is 37.9 Å². The number of amides is 1. The molecule has 0 saturated heterocycles. The fourth-order valence-electron chi connectivity index (χ4n) is 4.28. The van der Waals surface area contributed by atoms with Gasteiger partial charge in [-0.1, -0.05) is 0 Å². The van der Waals surface area contributed by atoms with Gasteiger partial charge in [0, 0.05) is 18.5 Å². The van der Waals surface area contributed by atoms with Crippen molar-refractivity contribution in [2.24, 2.45) is 0 Å². The number of methoxy groups -OCH3 is 3. The summed E-state index contributed by atoms with van der Waals surface area (Å²) in [5.41, 5.74) is 0.313. The molecular formula is C25H27N3O7. The van der Waals surface area contributed by atoms with Gasteiger partial charge in [-0.05, 0) is 42.5 Å². The van der Waals surface area contributed by atoms with Crippen molar-refractivity contribution in [1.29, 1.82) is 0 Å². The van der Waals surface area contributed by atoms with E-state index in [-0.39, 0.29) is 17.9 Å². The third-order valence-corrected chi connectivity index (χ3v) is 5.91. The Morgan fingerprint density at radius 3 is 2.43 bits per heavy atom. The summed E-state index contributed by atoms with van der Waals surface area (Å²) in [6.07, 6.45) is 6.02. The van der Waals surface area contributed by atoms with Crippen LogP contribution in [0.25, 0.3) is 0 Å². The number of carbonyl (C=O) groups is 2. The molecule has 0 radical (unpaired) electrons. The van der Waals surface area contributed by atoms with Crippen molar-refractivity contribution in [2.45, 2.75) is 25.9 Å². The van der Waals surface area contributed by atoms with Gasteiger partial charge in [-0.15, -0.1) is 0 Å². The number of carbonyl (C=O) groups excluding carboxylic acids is 2. The van der Waals surface area contributed by atoms with Crippen molar-refractivity contribution in [3.63, 3.8) is 0 Å². The second-order valence-corrected chi connectivity index (χ2v) is 8.04. The molecular weight excluding hydrogens is 454 g/mol. The number of hydrogen-bond donors (Lipinski definition) is 1. The van der Waals surface area contributed by atoms with Crippen LogP contribution in [-0.2, 0) is 11.3 Å². The van der Waals surface area contributed by atoms with Crippen LogP contribution < -0.4 is 23.9 Å². The van der Waals surface area contributed by atoms with E-state index in [1.54, 1.807) is 37.6 Å². The summed E-state index contributed by atoms with van der Waals surface area (Å²) in [4.78, 5) is 30.9. The van der Waals surface area contributed by atoms with Crippen LogP contribution in [-0.4, -0.2) is 49.4 Å². The molecule has 0 spiro atoms. The number of rotatable bonds is 10. The standard InChI is InChI=1S/C25H27N3O7/c1-15-6-7-17(35-15)22(29)20-21(16-12-18(32-2)24(34-4)19(13-16)33-3)28(25(31)23(20)30)10-5-9-27-11-8-26-14-27/h6-8,11-14,21H,5,9-10H2,1-4H3,(H,29,30). The van der Waals surface area contributed by atoms with Crippen LogP contribution in [0, 0.1) is 6.92 Å². The minimum absolute atomic E-state index is 0.000759. The first kappa shape index (κ1) is 23.9. The molecule has 2 aromatic heterocycles. The zero-order valence-corrected chi connectivity index (χ0v) is 20.0. The van der Waals surface area contributed by atoms with E-state index in [2.05, 4.69) is 4.98 Å². The number of aromatic nitrogens is 2. The summed E-state index contributed by atoms with van der Waals surface area (Å²) >= 11 is 0. The van der Waals surface area contributed by atoms with Gasteiger partial charge in [0.2, 0.25) is 23.8 Å². The van der Waals surface area contributed by atoms with E-state index in [9.17, 15) is 14.7 Å². The molecule has 3 aromatic rings. The summed E-state index contributed by atoms with van der Waals surface area (Å²) < 4.78 is 23.8. The zero-order valence-electron chi connectivity index (χ0n) is 20.0. The second-order valence-electron chi connectivity index (χ2n) is 8.04. The number of nitrogens with one attached hydrogen (secondary N) is 1. The average Bonchev–Trinajstić information content (AvgIpc) is 3.59. The fourth-order valence-corrected chi connectivity index (χ4v) is 4.28. The minimum Gasteiger partial charge on any atom is -0.868 e. The Bertz CT molecular complexity index is 1230. The van der Waals surface area contributed by atoms with E-state index in [0.717, 1.165) is 0 Å². The summed E-state index contributed by atoms with van der Waals surface area (Å²) in [6.45, 7) is 2.56. The first-order valence-corrected chi connectivity index (χ1v) is 11.0. The fraction of sp³-hybridized carbons (Fsp3) is 0.320. The van der Waals surface area contributed by atoms with Crippen molar-refractivity contribution in [3.05, 3.63) is 71.4 Å². The number of imidazole rings is 1. The lowest BCUT2D eigenvalue weighted by atomic mass is 9.94. The molecule has 1 aliphatic heterocycles. The Labute approximate surface area is 202 Å². The van der Waals surface area contributed by atoms with Gasteiger partial charge in [0.15, 0.2) is 17.3 Å². The van der Waals surface area contributed by atoms with Crippen molar-refractivity contribution >= 4 is 11.7 Å². The van der Waals surface area contributed by atoms with E-state index in [1.165, 1.54) is 32.3 Å². The number of H-pyrrole nitrogens is 1. The molecule has 1 N–H and O–H groups in total. The predicted molar refractivity (Wildman–Crippen MR) is 121 cm³/mol. The smallest absolute Gasteiger partial charge is 0.241 e. The summed E-state index contributed by atoms with van der Waals surface area (Å²) in [6, 6.07) is 5.48. The van der Waals surface area contributed by atoms with Crippen LogP contribution in [0.2, 0.25) is 0 Å². The molecule has 3 heterocycles. The monoisotopic (exact) mass is 481 g/mol. The molecule has 1 unspecified atom stereocenters. The molecule has 10 heteroatoms. The topological polar surface area (TPSA) is 121 Å². The van der Waals surface area contributed by atoms with Gasteiger partial charge in [-0.2, -0.15) is 0 Å². The quantitative estimate of drug-likeness (QED) is 0.346. The van der Waals surface area contributed by atoms with E-state index >= 15 is 0 Å². The molecule has 1 atom stereocenters. The van der Waals surface area contributed by atoms with E-state index < -0.39 is 23.5 Å². The van der Waals surface area contributed by atoms with E-state index in [1.807, 2.05) is 10.8 Å². The molecule has 0 saturated carbocycles. The van der Waals surface area contributed by atoms with Crippen molar-refractivity contribution in [3.8, 4) is 17.2 Å². The lowest BCUT2D eigenvalue weighted by molar-refractivity contribution is -0.695. The summed E-state index contributed by atoms with van der Waals surface area (Å²) in [5, 5.41) is 13.2. The first-order valence-electron chi connectivity index (χ1n) is 11.0. The maximum Gasteiger partial charge on any atom is 0.241 e. The largest absolute Gasteiger partial charge is 0.868 e. The number of aromatic amines is 1. The highest BCUT2D eigenvalue weighted by Crippen LogP contribution is 2.45. The zero-order chi connectivity index (χ0) is 25.1. The van der Waals surface area contributed by atoms with Crippen LogP contribution >= 0.6 is 0 Å². The highest BCUT2D eigenvalue weighted by atomic mass is 16.5. The molecule has 1 aliphatic rings. The van der Waals surface area contributed by atoms with Gasteiger partial charge >= 0.3 is 0 Å². The molecule has 4 rings (SSSR count). The molecule has 10 nitrogen and oxygen atoms in total. The molecule has 0 bridgehead atoms. The number of furan rings is 1. The third kappa shape index (κ3) is 4.46. The van der Waals surface area contributed by atoms with Crippen molar-refractivity contribution in [1.82, 2.24) is 9.88 Å². The SMILES string of the molecule is COc1cc(C2C(C(=O)c3ccc(C)o3)=C([O-])C(=O)N2CCC[n+]2cc[nH]c2)cc(OC)c1OC. The maximum absolute atomic E-state index is 13.4. The Morgan fingerprint density at radius 1 is 1.17 bits per heavy atom. The minimum atomic E-state index is -0.946. The number of nitrogens with zero attached hydrogens (tertiary/aromatic N) is 2. The summed E-state index contributed by atoms with van der Waals surface area (Å²) in [5.74, 6) is -0.644. The average molecular weight is 482 g/mol.